The van der Waals surface area contributed by atoms with Gasteiger partial charge in [-0.1, -0.05) is 20.3 Å². The summed E-state index contributed by atoms with van der Waals surface area (Å²) in [7, 11) is 0. The van der Waals surface area contributed by atoms with Gasteiger partial charge in [-0.25, -0.2) is 4.98 Å². The number of aliphatic hydroxyl groups excluding tert-OH is 1. The van der Waals surface area contributed by atoms with Crippen LogP contribution in [0.5, 0.6) is 0 Å². The van der Waals surface area contributed by atoms with Crippen LogP contribution in [0.2, 0.25) is 0 Å². The molecule has 1 aromatic heterocycles. The Morgan fingerprint density at radius 1 is 1.41 bits per heavy atom. The lowest BCUT2D eigenvalue weighted by atomic mass is 9.97. The molecule has 1 saturated carbocycles. The highest BCUT2D eigenvalue weighted by molar-refractivity contribution is 7.09. The molecule has 1 heterocycles. The largest absolute Gasteiger partial charge is 0.396 e. The maximum atomic E-state index is 9.26. The summed E-state index contributed by atoms with van der Waals surface area (Å²) in [6.45, 7) is 5.44. The number of hydrogen-bond donors (Lipinski definition) is 2. The van der Waals surface area contributed by atoms with Crippen LogP contribution in [-0.2, 0) is 0 Å². The van der Waals surface area contributed by atoms with Crippen LogP contribution in [0.1, 0.15) is 44.9 Å². The van der Waals surface area contributed by atoms with Crippen molar-refractivity contribution in [2.24, 2.45) is 11.8 Å². The molecule has 17 heavy (non-hydrogen) atoms. The summed E-state index contributed by atoms with van der Waals surface area (Å²) in [6.07, 6.45) is 3.62. The van der Waals surface area contributed by atoms with Gasteiger partial charge in [-0.05, 0) is 24.7 Å². The van der Waals surface area contributed by atoms with Crippen molar-refractivity contribution in [3.05, 3.63) is 5.82 Å². The van der Waals surface area contributed by atoms with E-state index in [1.165, 1.54) is 24.4 Å². The summed E-state index contributed by atoms with van der Waals surface area (Å²) in [5.41, 5.74) is 0. The fraction of sp³-hybridized carbons (Fsp3) is 0.833. The fourth-order valence-electron chi connectivity index (χ4n) is 2.38. The number of aliphatic hydroxyl groups is 1. The molecular weight excluding hydrogens is 234 g/mol. The summed E-state index contributed by atoms with van der Waals surface area (Å²) in [5.74, 6) is 2.37. The molecule has 4 nitrogen and oxygen atoms in total. The lowest BCUT2D eigenvalue weighted by molar-refractivity contribution is 0.199. The highest BCUT2D eigenvalue weighted by atomic mass is 32.1. The molecule has 0 bridgehead atoms. The number of anilines is 1. The van der Waals surface area contributed by atoms with Crippen molar-refractivity contribution in [3.63, 3.8) is 0 Å². The van der Waals surface area contributed by atoms with Crippen LogP contribution in [0, 0.1) is 11.8 Å². The number of hydrogen-bond acceptors (Lipinski definition) is 5. The average molecular weight is 255 g/mol. The van der Waals surface area contributed by atoms with E-state index in [4.69, 9.17) is 0 Å². The second-order valence-electron chi connectivity index (χ2n) is 5.13. The molecule has 0 saturated heterocycles. The van der Waals surface area contributed by atoms with Gasteiger partial charge in [-0.15, -0.1) is 0 Å². The summed E-state index contributed by atoms with van der Waals surface area (Å²) in [4.78, 5) is 4.46. The Bertz CT molecular complexity index is 353. The molecule has 1 fully saturated rings. The Labute approximate surface area is 107 Å². The molecule has 1 aliphatic carbocycles. The van der Waals surface area contributed by atoms with E-state index in [0.717, 1.165) is 23.9 Å². The molecule has 2 rings (SSSR count). The van der Waals surface area contributed by atoms with Crippen LogP contribution in [0.25, 0.3) is 0 Å². The zero-order valence-corrected chi connectivity index (χ0v) is 11.3. The van der Waals surface area contributed by atoms with Crippen LogP contribution in [-0.4, -0.2) is 27.6 Å². The average Bonchev–Trinajstić information content (AvgIpc) is 2.95. The van der Waals surface area contributed by atoms with Gasteiger partial charge in [0, 0.05) is 30.6 Å². The van der Waals surface area contributed by atoms with E-state index < -0.39 is 0 Å². The van der Waals surface area contributed by atoms with Crippen molar-refractivity contribution in [2.75, 3.05) is 18.5 Å². The topological polar surface area (TPSA) is 58.0 Å². The second-order valence-corrected chi connectivity index (χ2v) is 5.88. The normalized spacial score (nSPS) is 24.5. The zero-order valence-electron chi connectivity index (χ0n) is 10.5. The Balaban J connectivity index is 1.84. The minimum Gasteiger partial charge on any atom is -0.396 e. The van der Waals surface area contributed by atoms with Crippen molar-refractivity contribution in [1.29, 1.82) is 0 Å². The van der Waals surface area contributed by atoms with Crippen LogP contribution < -0.4 is 5.32 Å². The van der Waals surface area contributed by atoms with E-state index in [1.54, 1.807) is 0 Å². The quantitative estimate of drug-likeness (QED) is 0.848. The molecule has 0 aromatic carbocycles. The summed E-state index contributed by atoms with van der Waals surface area (Å²) >= 11 is 1.44. The molecule has 96 valence electrons. The molecule has 2 atom stereocenters. The SMILES string of the molecule is CC(C)c1nsc(NCC2CCCC2CO)n1. The molecule has 1 aromatic rings. The summed E-state index contributed by atoms with van der Waals surface area (Å²) in [6, 6.07) is 0. The lowest BCUT2D eigenvalue weighted by Crippen LogP contribution is -2.20. The van der Waals surface area contributed by atoms with Gasteiger partial charge in [0.05, 0.1) is 0 Å². The van der Waals surface area contributed by atoms with Gasteiger partial charge < -0.3 is 10.4 Å². The van der Waals surface area contributed by atoms with Gasteiger partial charge in [-0.2, -0.15) is 4.37 Å². The number of rotatable bonds is 5. The van der Waals surface area contributed by atoms with E-state index >= 15 is 0 Å². The molecule has 1 aliphatic rings. The highest BCUT2D eigenvalue weighted by Crippen LogP contribution is 2.31. The molecule has 0 aliphatic heterocycles. The molecule has 5 heteroatoms. The number of nitrogens with zero attached hydrogens (tertiary/aromatic N) is 2. The monoisotopic (exact) mass is 255 g/mol. The van der Waals surface area contributed by atoms with Crippen molar-refractivity contribution in [3.8, 4) is 0 Å². The number of nitrogens with one attached hydrogen (secondary N) is 1. The molecule has 0 amide bonds. The van der Waals surface area contributed by atoms with E-state index in [1.807, 2.05) is 0 Å². The first-order valence-electron chi connectivity index (χ1n) is 6.39. The zero-order chi connectivity index (χ0) is 12.3. The molecule has 2 N–H and O–H groups in total. The van der Waals surface area contributed by atoms with Gasteiger partial charge >= 0.3 is 0 Å². The minimum atomic E-state index is 0.319. The van der Waals surface area contributed by atoms with Crippen LogP contribution >= 0.6 is 11.5 Å². The van der Waals surface area contributed by atoms with Crippen molar-refractivity contribution >= 4 is 16.7 Å². The maximum absolute atomic E-state index is 9.26. The fourth-order valence-corrected chi connectivity index (χ4v) is 3.10. The molecular formula is C12H21N3OS. The van der Waals surface area contributed by atoms with Crippen LogP contribution in [0.3, 0.4) is 0 Å². The van der Waals surface area contributed by atoms with Crippen LogP contribution in [0.4, 0.5) is 5.13 Å². The van der Waals surface area contributed by atoms with E-state index in [0.29, 0.717) is 24.4 Å². The highest BCUT2D eigenvalue weighted by Gasteiger charge is 2.26. The third kappa shape index (κ3) is 3.16. The Morgan fingerprint density at radius 3 is 2.82 bits per heavy atom. The van der Waals surface area contributed by atoms with E-state index in [9.17, 15) is 5.11 Å². The third-order valence-electron chi connectivity index (χ3n) is 3.52. The van der Waals surface area contributed by atoms with Gasteiger partial charge in [0.1, 0.15) is 5.82 Å². The minimum absolute atomic E-state index is 0.319. The predicted octanol–water partition coefficient (Wildman–Crippen LogP) is 2.48. The van der Waals surface area contributed by atoms with Crippen molar-refractivity contribution < 1.29 is 5.11 Å². The van der Waals surface area contributed by atoms with Gasteiger partial charge in [0.15, 0.2) is 0 Å². The first-order valence-corrected chi connectivity index (χ1v) is 7.16. The third-order valence-corrected chi connectivity index (χ3v) is 4.21. The Morgan fingerprint density at radius 2 is 2.18 bits per heavy atom. The van der Waals surface area contributed by atoms with E-state index in [2.05, 4.69) is 28.5 Å². The van der Waals surface area contributed by atoms with Crippen molar-refractivity contribution in [2.45, 2.75) is 39.0 Å². The van der Waals surface area contributed by atoms with Gasteiger partial charge in [-0.3, -0.25) is 0 Å². The lowest BCUT2D eigenvalue weighted by Gasteiger charge is -2.17. The molecule has 2 unspecified atom stereocenters. The van der Waals surface area contributed by atoms with Gasteiger partial charge in [0.25, 0.3) is 0 Å². The molecule has 0 spiro atoms. The maximum Gasteiger partial charge on any atom is 0.202 e. The summed E-state index contributed by atoms with van der Waals surface area (Å²) < 4.78 is 4.32. The smallest absolute Gasteiger partial charge is 0.202 e. The Kier molecular flexibility index (Phi) is 4.34. The standard InChI is InChI=1S/C12H21N3OS/c1-8(2)11-14-12(17-15-11)13-6-9-4-3-5-10(9)7-16/h8-10,16H,3-7H2,1-2H3,(H,13,14,15). The Hall–Kier alpha value is -0.680. The van der Waals surface area contributed by atoms with Gasteiger partial charge in [0.2, 0.25) is 5.13 Å². The van der Waals surface area contributed by atoms with Crippen LogP contribution in [0.15, 0.2) is 0 Å². The number of aromatic nitrogens is 2. The first kappa shape index (κ1) is 12.8. The molecule has 0 radical (unpaired) electrons. The summed E-state index contributed by atoms with van der Waals surface area (Å²) in [5, 5.41) is 13.5. The first-order chi connectivity index (χ1) is 8.20. The van der Waals surface area contributed by atoms with Crippen molar-refractivity contribution in [1.82, 2.24) is 9.36 Å². The van der Waals surface area contributed by atoms with E-state index in [-0.39, 0.29) is 0 Å². The predicted molar refractivity (Wildman–Crippen MR) is 70.4 cm³/mol. The second kappa shape index (κ2) is 5.78.